The first-order valence-corrected chi connectivity index (χ1v) is 8.41. The fourth-order valence-corrected chi connectivity index (χ4v) is 2.74. The maximum Gasteiger partial charge on any atom is 0.408 e. The van der Waals surface area contributed by atoms with E-state index in [1.807, 2.05) is 28.9 Å². The molecule has 29 heavy (non-hydrogen) atoms. The summed E-state index contributed by atoms with van der Waals surface area (Å²) in [6.07, 6.45) is 4.90. The van der Waals surface area contributed by atoms with Crippen LogP contribution in [-0.2, 0) is 13.1 Å². The average molecular weight is 401 g/mol. The highest BCUT2D eigenvalue weighted by molar-refractivity contribution is 5.64. The zero-order valence-electron chi connectivity index (χ0n) is 14.8. The molecule has 0 aromatic carbocycles. The highest BCUT2D eigenvalue weighted by atomic mass is 19.4. The molecule has 0 saturated heterocycles. The average Bonchev–Trinajstić information content (AvgIpc) is 3.33. The minimum Gasteiger partial charge on any atom is -0.363 e. The van der Waals surface area contributed by atoms with Crippen LogP contribution in [0.2, 0.25) is 0 Å². The van der Waals surface area contributed by atoms with E-state index in [0.29, 0.717) is 17.8 Å². The third kappa shape index (κ3) is 4.20. The summed E-state index contributed by atoms with van der Waals surface area (Å²) in [6, 6.07) is 3.76. The molecule has 12 heteroatoms. The van der Waals surface area contributed by atoms with E-state index in [-0.39, 0.29) is 11.6 Å². The Balaban J connectivity index is 1.55. The van der Waals surface area contributed by atoms with Crippen molar-refractivity contribution in [1.82, 2.24) is 29.1 Å². The number of imidazole rings is 1. The van der Waals surface area contributed by atoms with Crippen molar-refractivity contribution in [2.45, 2.75) is 19.3 Å². The molecule has 4 aromatic heterocycles. The Labute approximate surface area is 161 Å². The topological polar surface area (TPSA) is 109 Å². The molecule has 0 aliphatic rings. The number of nitrogens with one attached hydrogen (secondary N) is 2. The lowest BCUT2D eigenvalue weighted by Crippen LogP contribution is -2.17. The van der Waals surface area contributed by atoms with Gasteiger partial charge in [-0.15, -0.1) is 5.11 Å². The third-order valence-electron chi connectivity index (χ3n) is 4.04. The normalized spacial score (nSPS) is 11.7. The van der Waals surface area contributed by atoms with E-state index < -0.39 is 12.7 Å². The van der Waals surface area contributed by atoms with Gasteiger partial charge in [-0.3, -0.25) is 4.68 Å². The van der Waals surface area contributed by atoms with Gasteiger partial charge in [-0.25, -0.2) is 20.5 Å². The van der Waals surface area contributed by atoms with Crippen LogP contribution in [0.1, 0.15) is 5.56 Å². The molecule has 4 aromatic rings. The van der Waals surface area contributed by atoms with Gasteiger partial charge in [0.15, 0.2) is 5.82 Å². The van der Waals surface area contributed by atoms with Crippen molar-refractivity contribution < 1.29 is 13.2 Å². The maximum absolute atomic E-state index is 12.5. The number of aromatic nitrogens is 6. The standard InChI is InChI=1S/C17H14F3N9/c18-17(19,20)10-29-9-12(6-25-29)13-7-24-16(27-21)15(26-13)23-5-11-1-2-14-22-3-4-28(14)8-11/h1-4,6-9,21H,5,10H2,(H,23,26). The van der Waals surface area contributed by atoms with Gasteiger partial charge in [0, 0.05) is 36.9 Å². The van der Waals surface area contributed by atoms with Crippen LogP contribution in [0.25, 0.3) is 16.9 Å². The van der Waals surface area contributed by atoms with Gasteiger partial charge in [0.2, 0.25) is 5.82 Å². The molecule has 0 radical (unpaired) electrons. The molecule has 2 N–H and O–H groups in total. The number of nitrogens with zero attached hydrogens (tertiary/aromatic N) is 7. The monoisotopic (exact) mass is 401 g/mol. The lowest BCUT2D eigenvalue weighted by atomic mass is 10.2. The van der Waals surface area contributed by atoms with E-state index in [1.54, 1.807) is 6.20 Å². The van der Waals surface area contributed by atoms with Gasteiger partial charge in [-0.1, -0.05) is 6.07 Å². The predicted molar refractivity (Wildman–Crippen MR) is 96.6 cm³/mol. The Morgan fingerprint density at radius 3 is 2.79 bits per heavy atom. The summed E-state index contributed by atoms with van der Waals surface area (Å²) in [5.74, 6) is 0.312. The number of anilines is 1. The molecule has 0 aliphatic carbocycles. The molecule has 148 valence electrons. The van der Waals surface area contributed by atoms with E-state index in [2.05, 4.69) is 30.5 Å². The number of fused-ring (bicyclic) bond motifs is 1. The highest BCUT2D eigenvalue weighted by Crippen LogP contribution is 2.26. The van der Waals surface area contributed by atoms with Gasteiger partial charge >= 0.3 is 6.18 Å². The summed E-state index contributed by atoms with van der Waals surface area (Å²) >= 11 is 0. The fourth-order valence-electron chi connectivity index (χ4n) is 2.74. The quantitative estimate of drug-likeness (QED) is 0.477. The Bertz CT molecular complexity index is 1160. The lowest BCUT2D eigenvalue weighted by Gasteiger charge is -2.09. The maximum atomic E-state index is 12.5. The molecule has 9 nitrogen and oxygen atoms in total. The molecule has 4 heterocycles. The van der Waals surface area contributed by atoms with Crippen LogP contribution in [0.3, 0.4) is 0 Å². The van der Waals surface area contributed by atoms with E-state index in [1.165, 1.54) is 18.6 Å². The van der Waals surface area contributed by atoms with Crippen molar-refractivity contribution in [3.8, 4) is 11.3 Å². The molecule has 0 bridgehead atoms. The smallest absolute Gasteiger partial charge is 0.363 e. The molecule has 0 unspecified atom stereocenters. The minimum atomic E-state index is -4.37. The zero-order chi connectivity index (χ0) is 20.4. The van der Waals surface area contributed by atoms with Crippen molar-refractivity contribution in [1.29, 1.82) is 5.53 Å². The Morgan fingerprint density at radius 2 is 2.00 bits per heavy atom. The Kier molecular flexibility index (Phi) is 4.66. The molecule has 0 fully saturated rings. The van der Waals surface area contributed by atoms with Crippen molar-refractivity contribution in [2.24, 2.45) is 5.11 Å². The molecule has 0 amide bonds. The zero-order valence-corrected chi connectivity index (χ0v) is 14.8. The van der Waals surface area contributed by atoms with E-state index in [0.717, 1.165) is 15.9 Å². The largest absolute Gasteiger partial charge is 0.408 e. The fraction of sp³-hybridized carbons (Fsp3) is 0.176. The predicted octanol–water partition coefficient (Wildman–Crippen LogP) is 3.82. The second-order valence-corrected chi connectivity index (χ2v) is 6.16. The van der Waals surface area contributed by atoms with Crippen LogP contribution in [0.15, 0.2) is 54.4 Å². The SMILES string of the molecule is N=Nc1ncc(-c2cnn(CC(F)(F)F)c2)nc1NCc1ccc2nccn2c1. The first-order valence-electron chi connectivity index (χ1n) is 8.41. The first kappa shape index (κ1) is 18.5. The van der Waals surface area contributed by atoms with E-state index in [9.17, 15) is 13.2 Å². The Morgan fingerprint density at radius 1 is 1.14 bits per heavy atom. The van der Waals surface area contributed by atoms with Gasteiger partial charge in [-0.05, 0) is 11.6 Å². The van der Waals surface area contributed by atoms with Crippen molar-refractivity contribution in [3.05, 3.63) is 54.9 Å². The van der Waals surface area contributed by atoms with Crippen molar-refractivity contribution in [3.63, 3.8) is 0 Å². The lowest BCUT2D eigenvalue weighted by molar-refractivity contribution is -0.142. The Hall–Kier alpha value is -3.83. The minimum absolute atomic E-state index is 0.0696. The number of hydrogen-bond acceptors (Lipinski definition) is 7. The first-order chi connectivity index (χ1) is 13.9. The molecule has 0 spiro atoms. The molecule has 0 atom stereocenters. The second kappa shape index (κ2) is 7.30. The molecular formula is C17H14F3N9. The van der Waals surface area contributed by atoms with Gasteiger partial charge in [0.05, 0.1) is 18.1 Å². The van der Waals surface area contributed by atoms with Crippen LogP contribution in [-0.4, -0.2) is 35.3 Å². The van der Waals surface area contributed by atoms with Gasteiger partial charge in [0.25, 0.3) is 0 Å². The number of hydrogen-bond donors (Lipinski definition) is 2. The van der Waals surface area contributed by atoms with Gasteiger partial charge in [-0.2, -0.15) is 18.3 Å². The van der Waals surface area contributed by atoms with Crippen LogP contribution in [0.5, 0.6) is 0 Å². The molecule has 0 aliphatic heterocycles. The van der Waals surface area contributed by atoms with Crippen molar-refractivity contribution >= 4 is 17.3 Å². The molecule has 0 saturated carbocycles. The summed E-state index contributed by atoms with van der Waals surface area (Å²) in [6.45, 7) is -0.815. The van der Waals surface area contributed by atoms with Crippen LogP contribution in [0, 0.1) is 5.53 Å². The number of rotatable bonds is 6. The summed E-state index contributed by atoms with van der Waals surface area (Å²) in [5.41, 5.74) is 9.70. The third-order valence-corrected chi connectivity index (χ3v) is 4.04. The van der Waals surface area contributed by atoms with E-state index >= 15 is 0 Å². The summed E-state index contributed by atoms with van der Waals surface area (Å²) in [4.78, 5) is 12.6. The number of halogens is 3. The van der Waals surface area contributed by atoms with Crippen LogP contribution < -0.4 is 5.32 Å². The van der Waals surface area contributed by atoms with Gasteiger partial charge < -0.3 is 9.72 Å². The highest BCUT2D eigenvalue weighted by Gasteiger charge is 2.28. The molecular weight excluding hydrogens is 387 g/mol. The van der Waals surface area contributed by atoms with Gasteiger partial charge in [0.1, 0.15) is 12.2 Å². The summed E-state index contributed by atoms with van der Waals surface area (Å²) in [5, 5.41) is 10.1. The summed E-state index contributed by atoms with van der Waals surface area (Å²) < 4.78 is 40.2. The van der Waals surface area contributed by atoms with Crippen LogP contribution >= 0.6 is 0 Å². The summed E-state index contributed by atoms with van der Waals surface area (Å²) in [7, 11) is 0. The second-order valence-electron chi connectivity index (χ2n) is 6.16. The number of alkyl halides is 3. The van der Waals surface area contributed by atoms with E-state index in [4.69, 9.17) is 5.53 Å². The number of pyridine rings is 1. The van der Waals surface area contributed by atoms with Crippen molar-refractivity contribution in [2.75, 3.05) is 5.32 Å². The molecule has 4 rings (SSSR count). The van der Waals surface area contributed by atoms with Crippen LogP contribution in [0.4, 0.5) is 24.8 Å².